The van der Waals surface area contributed by atoms with Crippen molar-refractivity contribution in [3.8, 4) is 0 Å². The molecule has 154 valence electrons. The second kappa shape index (κ2) is 7.80. The second-order valence-corrected chi connectivity index (χ2v) is 9.61. The lowest BCUT2D eigenvalue weighted by atomic mass is 9.94. The molecule has 0 radical (unpaired) electrons. The van der Waals surface area contributed by atoms with E-state index in [2.05, 4.69) is 10.0 Å². The molecule has 4 rings (SSSR count). The molecule has 1 atom stereocenters. The van der Waals surface area contributed by atoms with Crippen molar-refractivity contribution in [1.29, 1.82) is 0 Å². The molecule has 1 saturated heterocycles. The lowest BCUT2D eigenvalue weighted by molar-refractivity contribution is -0.124. The number of carbonyl (C=O) groups is 1. The molecule has 2 aromatic rings. The zero-order valence-corrected chi connectivity index (χ0v) is 17.3. The molecule has 0 aromatic heterocycles. The quantitative estimate of drug-likeness (QED) is 0.729. The summed E-state index contributed by atoms with van der Waals surface area (Å²) in [6, 6.07) is 13.9. The Hall–Kier alpha value is -2.38. The highest BCUT2D eigenvalue weighted by Crippen LogP contribution is 2.48. The van der Waals surface area contributed by atoms with Crippen molar-refractivity contribution in [3.63, 3.8) is 0 Å². The van der Waals surface area contributed by atoms with E-state index in [4.69, 9.17) is 4.74 Å². The zero-order chi connectivity index (χ0) is 20.5. The molecule has 0 bridgehead atoms. The van der Waals surface area contributed by atoms with E-state index in [0.717, 1.165) is 43.4 Å². The predicted molar refractivity (Wildman–Crippen MR) is 111 cm³/mol. The molecule has 29 heavy (non-hydrogen) atoms. The van der Waals surface area contributed by atoms with Crippen LogP contribution in [-0.4, -0.2) is 33.6 Å². The van der Waals surface area contributed by atoms with E-state index in [1.54, 1.807) is 30.3 Å². The fourth-order valence-electron chi connectivity index (χ4n) is 3.81. The van der Waals surface area contributed by atoms with Crippen LogP contribution in [-0.2, 0) is 25.0 Å². The highest BCUT2D eigenvalue weighted by atomic mass is 32.2. The van der Waals surface area contributed by atoms with Gasteiger partial charge in [0.25, 0.3) is 10.0 Å². The molecule has 7 heteroatoms. The number of amides is 1. The summed E-state index contributed by atoms with van der Waals surface area (Å²) in [5, 5.41) is 3.03. The van der Waals surface area contributed by atoms with Crippen molar-refractivity contribution < 1.29 is 17.9 Å². The Morgan fingerprint density at radius 1 is 1.17 bits per heavy atom. The number of carbonyl (C=O) groups excluding carboxylic acids is 1. The Bertz CT molecular complexity index is 992. The number of hydrogen-bond acceptors (Lipinski definition) is 4. The molecule has 2 fully saturated rings. The number of anilines is 1. The lowest BCUT2D eigenvalue weighted by Gasteiger charge is -2.18. The van der Waals surface area contributed by atoms with E-state index in [1.165, 1.54) is 0 Å². The molecule has 1 heterocycles. The van der Waals surface area contributed by atoms with Gasteiger partial charge in [0.1, 0.15) is 0 Å². The van der Waals surface area contributed by atoms with Crippen LogP contribution in [0.25, 0.3) is 0 Å². The summed E-state index contributed by atoms with van der Waals surface area (Å²) in [6.07, 6.45) is 3.76. The van der Waals surface area contributed by atoms with Gasteiger partial charge >= 0.3 is 0 Å². The number of sulfonamides is 1. The van der Waals surface area contributed by atoms with Crippen LogP contribution in [0.4, 0.5) is 5.69 Å². The summed E-state index contributed by atoms with van der Waals surface area (Å²) in [5.41, 5.74) is 1.78. The summed E-state index contributed by atoms with van der Waals surface area (Å²) >= 11 is 0. The zero-order valence-electron chi connectivity index (χ0n) is 16.5. The van der Waals surface area contributed by atoms with Gasteiger partial charge in [0, 0.05) is 18.8 Å². The Morgan fingerprint density at radius 3 is 2.55 bits per heavy atom. The van der Waals surface area contributed by atoms with Crippen molar-refractivity contribution in [2.45, 2.75) is 49.0 Å². The lowest BCUT2D eigenvalue weighted by Crippen LogP contribution is -2.39. The summed E-state index contributed by atoms with van der Waals surface area (Å²) in [4.78, 5) is 13.0. The van der Waals surface area contributed by atoms with Gasteiger partial charge in [0.2, 0.25) is 5.91 Å². The van der Waals surface area contributed by atoms with Gasteiger partial charge in [-0.1, -0.05) is 24.3 Å². The van der Waals surface area contributed by atoms with E-state index in [0.29, 0.717) is 12.2 Å². The normalized spacial score (nSPS) is 20.2. The van der Waals surface area contributed by atoms with Crippen LogP contribution < -0.4 is 10.0 Å². The van der Waals surface area contributed by atoms with Crippen LogP contribution >= 0.6 is 0 Å². The molecular weight excluding hydrogens is 388 g/mol. The van der Waals surface area contributed by atoms with Gasteiger partial charge in [0.15, 0.2) is 0 Å². The molecule has 1 saturated carbocycles. The first-order valence-electron chi connectivity index (χ1n) is 9.99. The molecular formula is C22H26N2O4S. The molecule has 0 spiro atoms. The molecule has 1 aliphatic carbocycles. The number of nitrogens with one attached hydrogen (secondary N) is 2. The van der Waals surface area contributed by atoms with E-state index < -0.39 is 15.4 Å². The van der Waals surface area contributed by atoms with Gasteiger partial charge < -0.3 is 10.1 Å². The van der Waals surface area contributed by atoms with Gasteiger partial charge in [0.05, 0.1) is 16.4 Å². The monoisotopic (exact) mass is 414 g/mol. The van der Waals surface area contributed by atoms with Gasteiger partial charge in [-0.25, -0.2) is 8.42 Å². The minimum absolute atomic E-state index is 0.0288. The van der Waals surface area contributed by atoms with Crippen molar-refractivity contribution in [1.82, 2.24) is 5.32 Å². The highest BCUT2D eigenvalue weighted by Gasteiger charge is 2.51. The van der Waals surface area contributed by atoms with Crippen molar-refractivity contribution in [2.24, 2.45) is 0 Å². The Morgan fingerprint density at radius 2 is 1.93 bits per heavy atom. The van der Waals surface area contributed by atoms with Crippen molar-refractivity contribution in [3.05, 3.63) is 59.7 Å². The minimum Gasteiger partial charge on any atom is -0.376 e. The van der Waals surface area contributed by atoms with Crippen LogP contribution in [0.15, 0.2) is 53.4 Å². The van der Waals surface area contributed by atoms with E-state index in [1.807, 2.05) is 25.1 Å². The van der Waals surface area contributed by atoms with Crippen molar-refractivity contribution >= 4 is 21.6 Å². The summed E-state index contributed by atoms with van der Waals surface area (Å²) in [6.45, 7) is 3.17. The molecule has 1 aliphatic heterocycles. The average Bonchev–Trinajstić information content (AvgIpc) is 3.35. The standard InChI is InChI=1S/C22H26N2O4S/c1-16-4-2-6-20(14-16)29(26,27)24-18-9-7-17(8-10-18)22(11-12-22)21(25)23-15-19-5-3-13-28-19/h2,4,6-10,14,19,24H,3,5,11-13,15H2,1H3,(H,23,25)/t19-/m0/s1. The predicted octanol–water partition coefficient (Wildman–Crippen LogP) is 3.12. The fraction of sp³-hybridized carbons (Fsp3) is 0.409. The highest BCUT2D eigenvalue weighted by molar-refractivity contribution is 7.92. The fourth-order valence-corrected chi connectivity index (χ4v) is 4.97. The number of aryl methyl sites for hydroxylation is 1. The summed E-state index contributed by atoms with van der Waals surface area (Å²) < 4.78 is 33.3. The summed E-state index contributed by atoms with van der Waals surface area (Å²) in [5.74, 6) is 0.0288. The minimum atomic E-state index is -3.65. The molecule has 6 nitrogen and oxygen atoms in total. The van der Waals surface area contributed by atoms with Crippen molar-refractivity contribution in [2.75, 3.05) is 17.9 Å². The van der Waals surface area contributed by atoms with Crippen LogP contribution in [0, 0.1) is 6.92 Å². The van der Waals surface area contributed by atoms with Gasteiger partial charge in [-0.2, -0.15) is 0 Å². The maximum absolute atomic E-state index is 12.7. The molecule has 2 aliphatic rings. The third-order valence-electron chi connectivity index (χ3n) is 5.69. The summed E-state index contributed by atoms with van der Waals surface area (Å²) in [7, 11) is -3.65. The number of rotatable bonds is 7. The first-order chi connectivity index (χ1) is 13.9. The Balaban J connectivity index is 1.43. The first-order valence-corrected chi connectivity index (χ1v) is 11.5. The Labute approximate surface area is 171 Å². The smallest absolute Gasteiger partial charge is 0.261 e. The third-order valence-corrected chi connectivity index (χ3v) is 7.07. The van der Waals surface area contributed by atoms with Gasteiger partial charge in [-0.15, -0.1) is 0 Å². The Kier molecular flexibility index (Phi) is 5.36. The maximum atomic E-state index is 12.7. The topological polar surface area (TPSA) is 84.5 Å². The van der Waals surface area contributed by atoms with Crippen LogP contribution in [0.2, 0.25) is 0 Å². The van der Waals surface area contributed by atoms with E-state index >= 15 is 0 Å². The number of benzene rings is 2. The molecule has 0 unspecified atom stereocenters. The van der Waals surface area contributed by atoms with Gasteiger partial charge in [-0.3, -0.25) is 9.52 Å². The number of ether oxygens (including phenoxy) is 1. The van der Waals surface area contributed by atoms with E-state index in [9.17, 15) is 13.2 Å². The third kappa shape index (κ3) is 4.31. The largest absolute Gasteiger partial charge is 0.376 e. The SMILES string of the molecule is Cc1cccc(S(=O)(=O)Nc2ccc(C3(C(=O)NC[C@@H]4CCCO4)CC3)cc2)c1. The molecule has 1 amide bonds. The van der Waals surface area contributed by atoms with Crippen LogP contribution in [0.1, 0.15) is 36.8 Å². The molecule has 2 N–H and O–H groups in total. The second-order valence-electron chi connectivity index (χ2n) is 7.93. The van der Waals surface area contributed by atoms with Crippen LogP contribution in [0.5, 0.6) is 0 Å². The maximum Gasteiger partial charge on any atom is 0.261 e. The average molecular weight is 415 g/mol. The molecule has 2 aromatic carbocycles. The van der Waals surface area contributed by atoms with Gasteiger partial charge in [-0.05, 0) is 68.0 Å². The number of hydrogen-bond donors (Lipinski definition) is 2. The van der Waals surface area contributed by atoms with E-state index in [-0.39, 0.29) is 16.9 Å². The first kappa shape index (κ1) is 19.9. The van der Waals surface area contributed by atoms with Crippen LogP contribution in [0.3, 0.4) is 0 Å².